The third-order valence-corrected chi connectivity index (χ3v) is 10.3. The minimum Gasteiger partial charge on any atom is -0.309 e. The third-order valence-electron chi connectivity index (χ3n) is 10.3. The van der Waals surface area contributed by atoms with Crippen LogP contribution in [0, 0.1) is 0 Å². The van der Waals surface area contributed by atoms with Crippen LogP contribution in [-0.4, -0.2) is 19.5 Å². The van der Waals surface area contributed by atoms with Crippen LogP contribution in [0.3, 0.4) is 0 Å². The summed E-state index contributed by atoms with van der Waals surface area (Å²) in [6, 6.07) is 72.4. The Morgan fingerprint density at radius 3 is 1.38 bits per heavy atom. The zero-order valence-electron chi connectivity index (χ0n) is 29.9. The molecule has 10 rings (SSSR count). The van der Waals surface area contributed by atoms with Gasteiger partial charge in [0.15, 0.2) is 17.5 Å². The van der Waals surface area contributed by atoms with Crippen molar-refractivity contribution < 1.29 is 0 Å². The van der Waals surface area contributed by atoms with E-state index in [1.54, 1.807) is 0 Å². The molecular weight excluding hydrogens is 669 g/mol. The summed E-state index contributed by atoms with van der Waals surface area (Å²) in [6.45, 7) is 0. The maximum Gasteiger partial charge on any atom is 0.164 e. The number of fused-ring (bicyclic) bond motifs is 3. The molecule has 0 bridgehead atoms. The Hall–Kier alpha value is -7.43. The Morgan fingerprint density at radius 2 is 0.745 bits per heavy atom. The lowest BCUT2D eigenvalue weighted by Crippen LogP contribution is -2.00. The first-order chi connectivity index (χ1) is 27.3. The Bertz CT molecular complexity index is 2880. The molecule has 0 aliphatic carbocycles. The van der Waals surface area contributed by atoms with Crippen LogP contribution in [-0.2, 0) is 0 Å². The summed E-state index contributed by atoms with van der Waals surface area (Å²) in [6.07, 6.45) is 0. The number of para-hydroxylation sites is 1. The van der Waals surface area contributed by atoms with E-state index in [2.05, 4.69) is 150 Å². The molecule has 0 N–H and O–H groups in total. The van der Waals surface area contributed by atoms with Crippen molar-refractivity contribution in [1.29, 1.82) is 0 Å². The van der Waals surface area contributed by atoms with E-state index in [-0.39, 0.29) is 0 Å². The normalized spacial score (nSPS) is 11.3. The smallest absolute Gasteiger partial charge is 0.164 e. The van der Waals surface area contributed by atoms with Crippen molar-refractivity contribution in [3.63, 3.8) is 0 Å². The molecule has 258 valence electrons. The molecule has 0 atom stereocenters. The molecule has 0 radical (unpaired) electrons. The maximum atomic E-state index is 4.96. The highest BCUT2D eigenvalue weighted by atomic mass is 15.0. The maximum absolute atomic E-state index is 4.96. The quantitative estimate of drug-likeness (QED) is 0.166. The first kappa shape index (κ1) is 32.2. The zero-order chi connectivity index (χ0) is 36.6. The Kier molecular flexibility index (Phi) is 8.12. The van der Waals surface area contributed by atoms with Crippen LogP contribution >= 0.6 is 0 Å². The standard InChI is InChI=1S/C51H34N4/c1-5-15-35(16-6-1)41-31-32-45-47(34-41)55(43-23-11-4-12-24-43)46-26-14-25-44(48(45)46)37-29-27-36(28-30-37)40-21-13-22-42(33-40)51-53-49(38-17-7-2-8-18-38)52-50(54-51)39-19-9-3-10-20-39/h1-34H. The zero-order valence-corrected chi connectivity index (χ0v) is 29.9. The van der Waals surface area contributed by atoms with Crippen molar-refractivity contribution in [1.82, 2.24) is 19.5 Å². The molecular formula is C51H34N4. The van der Waals surface area contributed by atoms with Crippen LogP contribution in [0.2, 0.25) is 0 Å². The molecule has 0 amide bonds. The largest absolute Gasteiger partial charge is 0.309 e. The molecule has 4 nitrogen and oxygen atoms in total. The monoisotopic (exact) mass is 702 g/mol. The van der Waals surface area contributed by atoms with E-state index in [1.165, 1.54) is 44.1 Å². The van der Waals surface area contributed by atoms with E-state index in [0.717, 1.165) is 33.5 Å². The van der Waals surface area contributed by atoms with E-state index < -0.39 is 0 Å². The first-order valence-electron chi connectivity index (χ1n) is 18.5. The molecule has 0 saturated heterocycles. The molecule has 0 fully saturated rings. The number of rotatable bonds is 7. The lowest BCUT2D eigenvalue weighted by atomic mass is 9.96. The predicted molar refractivity (Wildman–Crippen MR) is 227 cm³/mol. The van der Waals surface area contributed by atoms with Gasteiger partial charge in [-0.15, -0.1) is 0 Å². The van der Waals surface area contributed by atoms with E-state index in [0.29, 0.717) is 17.5 Å². The van der Waals surface area contributed by atoms with Crippen molar-refractivity contribution in [3.8, 4) is 73.2 Å². The van der Waals surface area contributed by atoms with Crippen LogP contribution < -0.4 is 0 Å². The predicted octanol–water partition coefficient (Wildman–Crippen LogP) is 13.0. The summed E-state index contributed by atoms with van der Waals surface area (Å²) in [5.74, 6) is 1.94. The molecule has 0 spiro atoms. The second-order valence-corrected chi connectivity index (χ2v) is 13.7. The summed E-state index contributed by atoms with van der Waals surface area (Å²) in [7, 11) is 0. The second-order valence-electron chi connectivity index (χ2n) is 13.7. The molecule has 55 heavy (non-hydrogen) atoms. The number of nitrogens with zero attached hydrogens (tertiary/aromatic N) is 4. The van der Waals surface area contributed by atoms with Gasteiger partial charge in [0.05, 0.1) is 11.0 Å². The Labute approximate surface area is 319 Å². The highest BCUT2D eigenvalue weighted by molar-refractivity contribution is 6.16. The highest BCUT2D eigenvalue weighted by Gasteiger charge is 2.18. The SMILES string of the molecule is c1ccc(-c2ccc3c4c(-c5ccc(-c6cccc(-c7nc(-c8ccccc8)nc(-c8ccccc8)n7)c6)cc5)cccc4n(-c4ccccc4)c3c2)cc1. The summed E-state index contributed by atoms with van der Waals surface area (Å²) in [5.41, 5.74) is 13.4. The molecule has 2 heterocycles. The van der Waals surface area contributed by atoms with Crippen LogP contribution in [0.4, 0.5) is 0 Å². The van der Waals surface area contributed by atoms with Gasteiger partial charge < -0.3 is 4.57 Å². The lowest BCUT2D eigenvalue weighted by Gasteiger charge is -2.11. The second kappa shape index (κ2) is 13.8. The van der Waals surface area contributed by atoms with Gasteiger partial charge in [-0.1, -0.05) is 176 Å². The topological polar surface area (TPSA) is 43.6 Å². The highest BCUT2D eigenvalue weighted by Crippen LogP contribution is 2.40. The fourth-order valence-corrected chi connectivity index (χ4v) is 7.59. The average Bonchev–Trinajstić information content (AvgIpc) is 3.61. The minimum absolute atomic E-state index is 0.642. The molecule has 10 aromatic rings. The van der Waals surface area contributed by atoms with Gasteiger partial charge in [0, 0.05) is 33.2 Å². The number of aromatic nitrogens is 4. The van der Waals surface area contributed by atoms with E-state index in [1.807, 2.05) is 60.7 Å². The average molecular weight is 703 g/mol. The van der Waals surface area contributed by atoms with Crippen LogP contribution in [0.1, 0.15) is 0 Å². The summed E-state index contributed by atoms with van der Waals surface area (Å²) >= 11 is 0. The van der Waals surface area contributed by atoms with Crippen molar-refractivity contribution in [2.75, 3.05) is 0 Å². The van der Waals surface area contributed by atoms with Crippen LogP contribution in [0.5, 0.6) is 0 Å². The third kappa shape index (κ3) is 6.06. The van der Waals surface area contributed by atoms with Gasteiger partial charge in [-0.25, -0.2) is 15.0 Å². The van der Waals surface area contributed by atoms with Crippen molar-refractivity contribution in [2.45, 2.75) is 0 Å². The number of hydrogen-bond donors (Lipinski definition) is 0. The summed E-state index contributed by atoms with van der Waals surface area (Å²) in [5, 5.41) is 2.47. The Morgan fingerprint density at radius 1 is 0.291 bits per heavy atom. The van der Waals surface area contributed by atoms with Gasteiger partial charge in [0.25, 0.3) is 0 Å². The van der Waals surface area contributed by atoms with Gasteiger partial charge >= 0.3 is 0 Å². The minimum atomic E-state index is 0.642. The molecule has 0 aliphatic rings. The molecule has 4 heteroatoms. The molecule has 0 saturated carbocycles. The van der Waals surface area contributed by atoms with Crippen LogP contribution in [0.15, 0.2) is 206 Å². The van der Waals surface area contributed by atoms with Crippen molar-refractivity contribution in [3.05, 3.63) is 206 Å². The van der Waals surface area contributed by atoms with E-state index >= 15 is 0 Å². The lowest BCUT2D eigenvalue weighted by molar-refractivity contribution is 1.07. The fraction of sp³-hybridized carbons (Fsp3) is 0. The summed E-state index contributed by atoms with van der Waals surface area (Å²) < 4.78 is 2.40. The van der Waals surface area contributed by atoms with Gasteiger partial charge in [0.1, 0.15) is 0 Å². The first-order valence-corrected chi connectivity index (χ1v) is 18.5. The molecule has 8 aromatic carbocycles. The molecule has 0 unspecified atom stereocenters. The van der Waals surface area contributed by atoms with Crippen molar-refractivity contribution >= 4 is 21.8 Å². The van der Waals surface area contributed by atoms with Gasteiger partial charge in [-0.2, -0.15) is 0 Å². The summed E-state index contributed by atoms with van der Waals surface area (Å²) in [4.78, 5) is 14.8. The van der Waals surface area contributed by atoms with Gasteiger partial charge in [0.2, 0.25) is 0 Å². The number of hydrogen-bond acceptors (Lipinski definition) is 3. The van der Waals surface area contributed by atoms with Gasteiger partial charge in [-0.05, 0) is 63.7 Å². The number of benzene rings is 8. The molecule has 2 aromatic heterocycles. The van der Waals surface area contributed by atoms with E-state index in [9.17, 15) is 0 Å². The van der Waals surface area contributed by atoms with Gasteiger partial charge in [-0.3, -0.25) is 0 Å². The fourth-order valence-electron chi connectivity index (χ4n) is 7.59. The molecule has 0 aliphatic heterocycles. The van der Waals surface area contributed by atoms with E-state index in [4.69, 9.17) is 15.0 Å². The van der Waals surface area contributed by atoms with Crippen molar-refractivity contribution in [2.24, 2.45) is 0 Å². The van der Waals surface area contributed by atoms with Crippen LogP contribution in [0.25, 0.3) is 95.0 Å². The Balaban J connectivity index is 1.05.